The Morgan fingerprint density at radius 3 is 3.00 bits per heavy atom. The molecule has 1 unspecified atom stereocenters. The largest absolute Gasteiger partial charge is 0.481 e. The number of anilines is 1. The van der Waals surface area contributed by atoms with Crippen molar-refractivity contribution in [2.24, 2.45) is 5.92 Å². The Morgan fingerprint density at radius 2 is 2.30 bits per heavy atom. The summed E-state index contributed by atoms with van der Waals surface area (Å²) in [6.07, 6.45) is 5.23. The lowest BCUT2D eigenvalue weighted by Crippen LogP contribution is -2.22. The van der Waals surface area contributed by atoms with Gasteiger partial charge in [0.25, 0.3) is 5.56 Å². The van der Waals surface area contributed by atoms with Crippen LogP contribution >= 0.6 is 0 Å². The van der Waals surface area contributed by atoms with Crippen LogP contribution < -0.4 is 16.6 Å². The zero-order chi connectivity index (χ0) is 16.4. The molecule has 120 valence electrons. The summed E-state index contributed by atoms with van der Waals surface area (Å²) < 4.78 is 0. The smallest absolute Gasteiger partial charge is 0.306 e. The normalized spacial score (nSPS) is 17.7. The molecule has 2 aromatic rings. The van der Waals surface area contributed by atoms with E-state index in [0.29, 0.717) is 31.5 Å². The van der Waals surface area contributed by atoms with Crippen molar-refractivity contribution in [3.05, 3.63) is 34.0 Å². The van der Waals surface area contributed by atoms with Gasteiger partial charge in [-0.15, -0.1) is 0 Å². The van der Waals surface area contributed by atoms with Crippen LogP contribution in [0.1, 0.15) is 25.0 Å². The van der Waals surface area contributed by atoms with Gasteiger partial charge in [0.2, 0.25) is 5.95 Å². The maximum Gasteiger partial charge on any atom is 0.306 e. The minimum Gasteiger partial charge on any atom is -0.481 e. The fourth-order valence-corrected chi connectivity index (χ4v) is 2.48. The van der Waals surface area contributed by atoms with E-state index in [0.717, 1.165) is 5.70 Å². The predicted molar refractivity (Wildman–Crippen MR) is 82.3 cm³/mol. The van der Waals surface area contributed by atoms with Crippen LogP contribution in [-0.4, -0.2) is 31.0 Å². The van der Waals surface area contributed by atoms with E-state index in [1.807, 2.05) is 6.08 Å². The Morgan fingerprint density at radius 1 is 1.48 bits per heavy atom. The molecular weight excluding hydrogens is 300 g/mol. The number of carboxylic acid groups (broad SMARTS) is 1. The summed E-state index contributed by atoms with van der Waals surface area (Å²) in [6, 6.07) is 0. The maximum atomic E-state index is 11.8. The molecule has 9 nitrogen and oxygen atoms in total. The van der Waals surface area contributed by atoms with Gasteiger partial charge in [-0.05, 0) is 19.3 Å². The highest BCUT2D eigenvalue weighted by Crippen LogP contribution is 2.22. The van der Waals surface area contributed by atoms with Gasteiger partial charge in [-0.2, -0.15) is 4.98 Å². The molecule has 1 atom stereocenters. The molecule has 0 fully saturated rings. The summed E-state index contributed by atoms with van der Waals surface area (Å²) in [5, 5.41) is 12.2. The standard InChI is InChI=1S/C14H16N6O3/c15-14-19-11-10(12(21)20-14)18-9(6-17-11)5-16-8-3-1-7(2-4-8)13(22)23/h3,6-7,16H,1-2,4-5H2,(H,22,23)(H3,15,17,19,20,21). The Bertz CT molecular complexity index is 844. The number of aromatic nitrogens is 4. The minimum atomic E-state index is -0.758. The minimum absolute atomic E-state index is 0.00280. The molecule has 5 N–H and O–H groups in total. The second-order valence-electron chi connectivity index (χ2n) is 5.38. The van der Waals surface area contributed by atoms with Gasteiger partial charge in [0.05, 0.1) is 24.4 Å². The van der Waals surface area contributed by atoms with Crippen molar-refractivity contribution < 1.29 is 9.90 Å². The Labute approximate surface area is 130 Å². The molecule has 23 heavy (non-hydrogen) atoms. The fraction of sp³-hybridized carbons (Fsp3) is 0.357. The molecule has 0 saturated carbocycles. The van der Waals surface area contributed by atoms with Crippen molar-refractivity contribution in [3.8, 4) is 0 Å². The predicted octanol–water partition coefficient (Wildman–Crippen LogP) is 0.153. The molecule has 0 saturated heterocycles. The van der Waals surface area contributed by atoms with Gasteiger partial charge in [-0.3, -0.25) is 14.6 Å². The molecule has 0 aromatic carbocycles. The van der Waals surface area contributed by atoms with Crippen molar-refractivity contribution in [1.82, 2.24) is 25.3 Å². The number of carbonyl (C=O) groups is 1. The lowest BCUT2D eigenvalue weighted by molar-refractivity contribution is -0.141. The third kappa shape index (κ3) is 3.28. The van der Waals surface area contributed by atoms with E-state index < -0.39 is 11.5 Å². The number of fused-ring (bicyclic) bond motifs is 1. The van der Waals surface area contributed by atoms with Gasteiger partial charge in [0, 0.05) is 5.70 Å². The third-order valence-electron chi connectivity index (χ3n) is 3.74. The Kier molecular flexibility index (Phi) is 3.92. The van der Waals surface area contributed by atoms with E-state index in [2.05, 4.69) is 25.3 Å². The molecule has 2 heterocycles. The lowest BCUT2D eigenvalue weighted by Gasteiger charge is -2.19. The summed E-state index contributed by atoms with van der Waals surface area (Å²) in [5.74, 6) is -1.06. The number of H-pyrrole nitrogens is 1. The topological polar surface area (TPSA) is 147 Å². The quantitative estimate of drug-likeness (QED) is 0.623. The number of nitrogens with two attached hydrogens (primary N) is 1. The number of aliphatic carboxylic acids is 1. The first-order valence-corrected chi connectivity index (χ1v) is 7.20. The molecule has 1 aliphatic carbocycles. The van der Waals surface area contributed by atoms with E-state index in [1.54, 1.807) is 0 Å². The highest BCUT2D eigenvalue weighted by Gasteiger charge is 2.20. The Hall–Kier alpha value is -2.97. The molecule has 0 bridgehead atoms. The van der Waals surface area contributed by atoms with E-state index in [1.165, 1.54) is 6.20 Å². The summed E-state index contributed by atoms with van der Waals surface area (Å²) in [4.78, 5) is 37.3. The van der Waals surface area contributed by atoms with Gasteiger partial charge < -0.3 is 16.2 Å². The number of nitrogens with zero attached hydrogens (tertiary/aromatic N) is 3. The molecule has 1 aliphatic rings. The second-order valence-corrected chi connectivity index (χ2v) is 5.38. The van der Waals surface area contributed by atoms with Crippen molar-refractivity contribution in [2.75, 3.05) is 5.73 Å². The van der Waals surface area contributed by atoms with Crippen molar-refractivity contribution in [2.45, 2.75) is 25.8 Å². The van der Waals surface area contributed by atoms with Crippen LogP contribution in [0.15, 0.2) is 22.8 Å². The van der Waals surface area contributed by atoms with Crippen LogP contribution in [0, 0.1) is 5.92 Å². The molecular formula is C14H16N6O3. The molecule has 0 amide bonds. The first-order valence-electron chi connectivity index (χ1n) is 7.20. The molecule has 0 spiro atoms. The first kappa shape index (κ1) is 14.9. The van der Waals surface area contributed by atoms with Gasteiger partial charge >= 0.3 is 5.97 Å². The molecule has 0 radical (unpaired) electrons. The average Bonchev–Trinajstić information content (AvgIpc) is 2.53. The monoisotopic (exact) mass is 316 g/mol. The summed E-state index contributed by atoms with van der Waals surface area (Å²) >= 11 is 0. The van der Waals surface area contributed by atoms with Crippen molar-refractivity contribution >= 4 is 23.1 Å². The first-order chi connectivity index (χ1) is 11.0. The number of aromatic amines is 1. The zero-order valence-electron chi connectivity index (χ0n) is 12.2. The molecule has 3 rings (SSSR count). The second kappa shape index (κ2) is 6.03. The number of rotatable bonds is 4. The number of nitrogens with one attached hydrogen (secondary N) is 2. The molecule has 0 aliphatic heterocycles. The van der Waals surface area contributed by atoms with Gasteiger partial charge in [0.15, 0.2) is 11.2 Å². The fourth-order valence-electron chi connectivity index (χ4n) is 2.48. The van der Waals surface area contributed by atoms with E-state index in [9.17, 15) is 9.59 Å². The lowest BCUT2D eigenvalue weighted by atomic mass is 9.92. The zero-order valence-corrected chi connectivity index (χ0v) is 12.2. The van der Waals surface area contributed by atoms with E-state index in [4.69, 9.17) is 10.8 Å². The van der Waals surface area contributed by atoms with Crippen LogP contribution in [-0.2, 0) is 11.3 Å². The number of hydrogen-bond donors (Lipinski definition) is 4. The molecule has 2 aromatic heterocycles. The van der Waals surface area contributed by atoms with Gasteiger partial charge in [-0.25, -0.2) is 9.97 Å². The number of nitrogen functional groups attached to an aromatic ring is 1. The van der Waals surface area contributed by atoms with Crippen molar-refractivity contribution in [3.63, 3.8) is 0 Å². The van der Waals surface area contributed by atoms with Gasteiger partial charge in [0.1, 0.15) is 0 Å². The summed E-state index contributed by atoms with van der Waals surface area (Å²) in [5.41, 5.74) is 6.95. The average molecular weight is 316 g/mol. The molecule has 9 heteroatoms. The van der Waals surface area contributed by atoms with E-state index in [-0.39, 0.29) is 23.0 Å². The summed E-state index contributed by atoms with van der Waals surface area (Å²) in [6.45, 7) is 0.399. The third-order valence-corrected chi connectivity index (χ3v) is 3.74. The van der Waals surface area contributed by atoms with Crippen molar-refractivity contribution in [1.29, 1.82) is 0 Å². The number of hydrogen-bond acceptors (Lipinski definition) is 7. The van der Waals surface area contributed by atoms with Gasteiger partial charge in [-0.1, -0.05) is 6.08 Å². The Balaban J connectivity index is 1.71. The van der Waals surface area contributed by atoms with Crippen LogP contribution in [0.3, 0.4) is 0 Å². The highest BCUT2D eigenvalue weighted by atomic mass is 16.4. The van der Waals surface area contributed by atoms with Crippen LogP contribution in [0.4, 0.5) is 5.95 Å². The SMILES string of the molecule is Nc1nc2ncc(CNC3=CCC(C(=O)O)CC3)nc2c(=O)[nH]1. The number of allylic oxidation sites excluding steroid dienone is 2. The van der Waals surface area contributed by atoms with Crippen LogP contribution in [0.2, 0.25) is 0 Å². The summed E-state index contributed by atoms with van der Waals surface area (Å²) in [7, 11) is 0. The maximum absolute atomic E-state index is 11.8. The van der Waals surface area contributed by atoms with Crippen LogP contribution in [0.5, 0.6) is 0 Å². The number of carboxylic acids is 1. The highest BCUT2D eigenvalue weighted by molar-refractivity contribution is 5.70. The van der Waals surface area contributed by atoms with Crippen LogP contribution in [0.25, 0.3) is 11.2 Å². The van der Waals surface area contributed by atoms with E-state index >= 15 is 0 Å².